The fourth-order valence-corrected chi connectivity index (χ4v) is 5.76. The number of fused-ring (bicyclic) bond motifs is 1. The largest absolute Gasteiger partial charge is 0.481 e. The van der Waals surface area contributed by atoms with Crippen molar-refractivity contribution in [1.82, 2.24) is 36.9 Å². The third kappa shape index (κ3) is 15.8. The number of aliphatic hydroxyl groups excluding tert-OH is 2. The summed E-state index contributed by atoms with van der Waals surface area (Å²) in [6, 6.07) is -2.63. The van der Waals surface area contributed by atoms with Crippen LogP contribution in [0.5, 0.6) is 0 Å². The molecule has 1 heterocycles. The highest BCUT2D eigenvalue weighted by atomic mass is 16.4. The second-order valence-electron chi connectivity index (χ2n) is 14.1. The number of benzene rings is 1. The molecule has 0 spiro atoms. The average Bonchev–Trinajstić information content (AvgIpc) is 3.61. The number of H-pyrrole nitrogens is 1. The maximum Gasteiger partial charge on any atom is 0.328 e. The van der Waals surface area contributed by atoms with Crippen LogP contribution >= 0.6 is 0 Å². The van der Waals surface area contributed by atoms with Crippen LogP contribution in [0.1, 0.15) is 58.4 Å². The number of carboxylic acids is 2. The molecule has 6 amide bonds. The van der Waals surface area contributed by atoms with Crippen molar-refractivity contribution < 1.29 is 58.8 Å². The number of aliphatic hydroxyl groups is 2. The first kappa shape index (κ1) is 49.8. The summed E-state index contributed by atoms with van der Waals surface area (Å²) >= 11 is 0. The lowest BCUT2D eigenvalue weighted by Crippen LogP contribution is -2.61. The Hall–Kier alpha value is -6.33. The van der Waals surface area contributed by atoms with E-state index in [4.69, 9.17) is 17.2 Å². The Morgan fingerprint density at radius 1 is 0.733 bits per heavy atom. The van der Waals surface area contributed by atoms with E-state index in [1.807, 2.05) is 29.6 Å². The van der Waals surface area contributed by atoms with Gasteiger partial charge in [-0.1, -0.05) is 38.5 Å². The minimum atomic E-state index is -1.77. The Labute approximate surface area is 345 Å². The standard InChI is InChI=1S/C37H57N11O12/c1-4-18(2)29(48-34(57)26(16-49)46-30(53)19(3)43-31(54)22(38)14-20-15-42-23-9-6-5-8-21(20)23)35(58)45-24(10-7-13-41-37(39)40)32(55)44-25(11-12-28(51)52)33(56)47-27(17-50)36(59)60/h5-6,8-9,15,18-19,22,24-27,29,42,49-50H,4,7,10-14,16-17,38H2,1-3H3,(H,43,54)(H,44,55)(H,45,58)(H,46,53)(H,47,56)(H,48,57)(H,51,52)(H,59,60)(H4,39,40,41)/t18-,19-,22-,24-,25-,26-,27-,29-/m0/s1. The van der Waals surface area contributed by atoms with Crippen molar-refractivity contribution in [1.29, 1.82) is 0 Å². The summed E-state index contributed by atoms with van der Waals surface area (Å²) in [7, 11) is 0. The molecular formula is C37H57N11O12. The van der Waals surface area contributed by atoms with Crippen molar-refractivity contribution >= 4 is 64.2 Å². The van der Waals surface area contributed by atoms with Gasteiger partial charge in [0.1, 0.15) is 36.3 Å². The SMILES string of the molecule is CC[C@H](C)[C@H](NC(=O)[C@H](CO)NC(=O)[C@H](C)NC(=O)[C@@H](N)Cc1c[nH]c2ccccc12)C(=O)N[C@@H](CCCN=C(N)N)C(=O)N[C@@H](CCC(=O)O)C(=O)N[C@@H](CO)C(=O)O. The number of hydrogen-bond acceptors (Lipinski definition) is 12. The molecule has 0 aliphatic carbocycles. The molecule has 2 rings (SSSR count). The third-order valence-corrected chi connectivity index (χ3v) is 9.47. The van der Waals surface area contributed by atoms with Crippen molar-refractivity contribution in [2.75, 3.05) is 19.8 Å². The number of aliphatic carboxylic acids is 2. The van der Waals surface area contributed by atoms with Crippen LogP contribution in [0.4, 0.5) is 0 Å². The summed E-state index contributed by atoms with van der Waals surface area (Å²) in [6.45, 7) is 2.73. The van der Waals surface area contributed by atoms with Gasteiger partial charge < -0.3 is 74.5 Å². The van der Waals surface area contributed by atoms with Crippen molar-refractivity contribution in [3.63, 3.8) is 0 Å². The molecule has 2 aromatic rings. The first-order valence-electron chi connectivity index (χ1n) is 19.2. The molecule has 0 bridgehead atoms. The predicted octanol–water partition coefficient (Wildman–Crippen LogP) is -4.00. The summed E-state index contributed by atoms with van der Waals surface area (Å²) < 4.78 is 0. The van der Waals surface area contributed by atoms with Crippen LogP contribution in [0.2, 0.25) is 0 Å². The number of guanidine groups is 1. The van der Waals surface area contributed by atoms with Crippen molar-refractivity contribution in [2.45, 2.75) is 102 Å². The molecule has 60 heavy (non-hydrogen) atoms. The van der Waals surface area contributed by atoms with E-state index in [1.165, 1.54) is 6.92 Å². The molecule has 0 fully saturated rings. The molecule has 0 saturated carbocycles. The van der Waals surface area contributed by atoms with Gasteiger partial charge in [-0.25, -0.2) is 4.79 Å². The second kappa shape index (κ2) is 24.6. The van der Waals surface area contributed by atoms with E-state index in [0.717, 1.165) is 16.5 Å². The molecule has 0 aliphatic heterocycles. The summed E-state index contributed by atoms with van der Waals surface area (Å²) in [4.78, 5) is 109. The van der Waals surface area contributed by atoms with Crippen LogP contribution in [0.15, 0.2) is 35.5 Å². The van der Waals surface area contributed by atoms with Crippen LogP contribution < -0.4 is 49.1 Å². The predicted molar refractivity (Wildman–Crippen MR) is 215 cm³/mol. The number of carbonyl (C=O) groups is 8. The zero-order valence-electron chi connectivity index (χ0n) is 33.6. The number of carboxylic acid groups (broad SMARTS) is 2. The molecule has 8 atom stereocenters. The van der Waals surface area contributed by atoms with E-state index in [-0.39, 0.29) is 31.8 Å². The summed E-state index contributed by atoms with van der Waals surface area (Å²) in [5, 5.41) is 52.9. The molecule has 1 aromatic heterocycles. The Morgan fingerprint density at radius 2 is 1.30 bits per heavy atom. The molecule has 1 aromatic carbocycles. The molecule has 23 nitrogen and oxygen atoms in total. The zero-order chi connectivity index (χ0) is 45.1. The molecule has 0 saturated heterocycles. The molecule has 0 unspecified atom stereocenters. The summed E-state index contributed by atoms with van der Waals surface area (Å²) in [6.07, 6.45) is 1.01. The average molecular weight is 848 g/mol. The highest BCUT2D eigenvalue weighted by Gasteiger charge is 2.34. The first-order valence-corrected chi connectivity index (χ1v) is 19.2. The van der Waals surface area contributed by atoms with Gasteiger partial charge in [-0.05, 0) is 50.2 Å². The number of nitrogens with zero attached hydrogens (tertiary/aromatic N) is 1. The van der Waals surface area contributed by atoms with E-state index in [0.29, 0.717) is 6.42 Å². The number of rotatable bonds is 26. The quantitative estimate of drug-likeness (QED) is 0.0244. The number of nitrogens with one attached hydrogen (secondary N) is 7. The monoisotopic (exact) mass is 847 g/mol. The smallest absolute Gasteiger partial charge is 0.328 e. The van der Waals surface area contributed by atoms with Gasteiger partial charge in [-0.3, -0.25) is 38.6 Å². The number of aromatic nitrogens is 1. The van der Waals surface area contributed by atoms with Gasteiger partial charge in [0.2, 0.25) is 35.4 Å². The maximum atomic E-state index is 13.8. The van der Waals surface area contributed by atoms with E-state index >= 15 is 0 Å². The molecule has 332 valence electrons. The number of amides is 6. The molecular weight excluding hydrogens is 790 g/mol. The lowest BCUT2D eigenvalue weighted by molar-refractivity contribution is -0.144. The zero-order valence-corrected chi connectivity index (χ0v) is 33.6. The van der Waals surface area contributed by atoms with Gasteiger partial charge in [0.25, 0.3) is 0 Å². The van der Waals surface area contributed by atoms with Crippen LogP contribution in [0.3, 0.4) is 0 Å². The van der Waals surface area contributed by atoms with Gasteiger partial charge in [0.05, 0.1) is 19.3 Å². The van der Waals surface area contributed by atoms with Crippen molar-refractivity contribution in [3.05, 3.63) is 36.0 Å². The number of nitrogens with two attached hydrogens (primary N) is 3. The lowest BCUT2D eigenvalue weighted by Gasteiger charge is -2.29. The van der Waals surface area contributed by atoms with E-state index in [1.54, 1.807) is 20.0 Å². The van der Waals surface area contributed by atoms with Crippen LogP contribution in [0, 0.1) is 5.92 Å². The fourth-order valence-electron chi connectivity index (χ4n) is 5.76. The molecule has 17 N–H and O–H groups in total. The highest BCUT2D eigenvalue weighted by Crippen LogP contribution is 2.19. The van der Waals surface area contributed by atoms with Crippen LogP contribution in [0.25, 0.3) is 10.9 Å². The van der Waals surface area contributed by atoms with E-state index in [2.05, 4.69) is 36.6 Å². The fraction of sp³-hybridized carbons (Fsp3) is 0.541. The van der Waals surface area contributed by atoms with Crippen LogP contribution in [-0.4, -0.2) is 141 Å². The van der Waals surface area contributed by atoms with Crippen LogP contribution in [-0.2, 0) is 44.8 Å². The maximum absolute atomic E-state index is 13.8. The van der Waals surface area contributed by atoms with Crippen molar-refractivity contribution in [3.8, 4) is 0 Å². The lowest BCUT2D eigenvalue weighted by atomic mass is 9.97. The van der Waals surface area contributed by atoms with Crippen molar-refractivity contribution in [2.24, 2.45) is 28.1 Å². The highest BCUT2D eigenvalue weighted by molar-refractivity contribution is 5.97. The second-order valence-corrected chi connectivity index (χ2v) is 14.1. The molecule has 23 heteroatoms. The van der Waals surface area contributed by atoms with E-state index in [9.17, 15) is 58.8 Å². The Morgan fingerprint density at radius 3 is 1.88 bits per heavy atom. The van der Waals surface area contributed by atoms with Gasteiger partial charge >= 0.3 is 11.9 Å². The topological polar surface area (TPSA) is 396 Å². The van der Waals surface area contributed by atoms with Gasteiger partial charge in [-0.15, -0.1) is 0 Å². The van der Waals surface area contributed by atoms with Gasteiger partial charge in [0, 0.05) is 30.1 Å². The number of aromatic amines is 1. The Balaban J connectivity index is 2.20. The third-order valence-electron chi connectivity index (χ3n) is 9.47. The number of hydrogen-bond donors (Lipinski definition) is 14. The minimum absolute atomic E-state index is 0.0000158. The first-order chi connectivity index (χ1) is 28.3. The number of para-hydroxylation sites is 1. The Bertz CT molecular complexity index is 1850. The number of aliphatic imine (C=N–C) groups is 1. The van der Waals surface area contributed by atoms with Gasteiger partial charge in [0.15, 0.2) is 5.96 Å². The van der Waals surface area contributed by atoms with Gasteiger partial charge in [-0.2, -0.15) is 0 Å². The normalized spacial score (nSPS) is 15.0. The number of carbonyl (C=O) groups excluding carboxylic acids is 6. The Kier molecular flexibility index (Phi) is 20.4. The van der Waals surface area contributed by atoms with E-state index < -0.39 is 122 Å². The summed E-state index contributed by atoms with van der Waals surface area (Å²) in [5.41, 5.74) is 18.6. The minimum Gasteiger partial charge on any atom is -0.481 e. The summed E-state index contributed by atoms with van der Waals surface area (Å²) in [5.74, 6) is -9.31. The molecule has 0 aliphatic rings. The molecule has 0 radical (unpaired) electrons.